The van der Waals surface area contributed by atoms with Gasteiger partial charge in [0.1, 0.15) is 0 Å². The van der Waals surface area contributed by atoms with Crippen LogP contribution in [0, 0.1) is 6.92 Å². The van der Waals surface area contributed by atoms with E-state index in [9.17, 15) is 0 Å². The van der Waals surface area contributed by atoms with Crippen molar-refractivity contribution in [1.82, 2.24) is 0 Å². The number of hydrogen-bond donors (Lipinski definition) is 0. The molecule has 6 aromatic rings. The zero-order valence-electron chi connectivity index (χ0n) is 20.3. The molecular weight excluding hydrogens is 422 g/mol. The SMILES string of the molecule is Cc1c(N(C)Cc2cccc3ccccc23)c(Cc2ccc3ccccc3c2)cc2ccccc12. The van der Waals surface area contributed by atoms with E-state index in [-0.39, 0.29) is 0 Å². The summed E-state index contributed by atoms with van der Waals surface area (Å²) >= 11 is 0. The summed E-state index contributed by atoms with van der Waals surface area (Å²) in [5.74, 6) is 0. The zero-order valence-corrected chi connectivity index (χ0v) is 20.3. The molecule has 0 N–H and O–H groups in total. The number of anilines is 1. The van der Waals surface area contributed by atoms with Gasteiger partial charge in [-0.1, -0.05) is 109 Å². The second kappa shape index (κ2) is 8.92. The van der Waals surface area contributed by atoms with Gasteiger partial charge in [-0.05, 0) is 74.0 Å². The Bertz CT molecular complexity index is 1670. The molecule has 1 heteroatoms. The lowest BCUT2D eigenvalue weighted by atomic mass is 9.93. The fourth-order valence-corrected chi connectivity index (χ4v) is 5.59. The van der Waals surface area contributed by atoms with E-state index < -0.39 is 0 Å². The molecule has 0 aliphatic carbocycles. The normalized spacial score (nSPS) is 11.4. The Balaban J connectivity index is 1.45. The minimum absolute atomic E-state index is 0.866. The van der Waals surface area contributed by atoms with Gasteiger partial charge >= 0.3 is 0 Å². The van der Waals surface area contributed by atoms with Gasteiger partial charge in [-0.15, -0.1) is 0 Å². The van der Waals surface area contributed by atoms with Crippen LogP contribution in [0.2, 0.25) is 0 Å². The Labute approximate surface area is 207 Å². The maximum Gasteiger partial charge on any atom is 0.0438 e. The van der Waals surface area contributed by atoms with Crippen molar-refractivity contribution in [2.24, 2.45) is 0 Å². The molecule has 0 fully saturated rings. The zero-order chi connectivity index (χ0) is 23.8. The Hall–Kier alpha value is -4.10. The van der Waals surface area contributed by atoms with Gasteiger partial charge in [0.15, 0.2) is 0 Å². The highest BCUT2D eigenvalue weighted by atomic mass is 15.1. The third kappa shape index (κ3) is 4.04. The van der Waals surface area contributed by atoms with Crippen molar-refractivity contribution in [3.05, 3.63) is 138 Å². The van der Waals surface area contributed by atoms with E-state index in [4.69, 9.17) is 0 Å². The van der Waals surface area contributed by atoms with Gasteiger partial charge in [0.25, 0.3) is 0 Å². The van der Waals surface area contributed by atoms with E-state index in [0.717, 1.165) is 13.0 Å². The standard InChI is InChI=1S/C34H29N/c1-24-32-16-7-6-13-29(32)22-31(21-25-18-19-26-10-3-4-12-28(26)20-25)34(24)35(2)23-30-15-9-14-27-11-5-8-17-33(27)30/h3-20,22H,21,23H2,1-2H3. The molecule has 0 heterocycles. The van der Waals surface area contributed by atoms with Crippen molar-refractivity contribution in [2.75, 3.05) is 11.9 Å². The van der Waals surface area contributed by atoms with Crippen LogP contribution in [0.1, 0.15) is 22.3 Å². The summed E-state index contributed by atoms with van der Waals surface area (Å²) in [6, 6.07) is 42.0. The predicted octanol–water partition coefficient (Wildman–Crippen LogP) is 8.68. The lowest BCUT2D eigenvalue weighted by Crippen LogP contribution is -2.20. The maximum atomic E-state index is 2.44. The molecule has 0 unspecified atom stereocenters. The first kappa shape index (κ1) is 21.4. The van der Waals surface area contributed by atoms with Crippen LogP contribution in [0.25, 0.3) is 32.3 Å². The van der Waals surface area contributed by atoms with E-state index >= 15 is 0 Å². The van der Waals surface area contributed by atoms with Gasteiger partial charge in [0.05, 0.1) is 0 Å². The minimum atomic E-state index is 0.866. The Morgan fingerprint density at radius 1 is 0.543 bits per heavy atom. The van der Waals surface area contributed by atoms with Gasteiger partial charge < -0.3 is 4.90 Å². The van der Waals surface area contributed by atoms with E-state index in [2.05, 4.69) is 134 Å². The molecule has 0 atom stereocenters. The molecule has 0 amide bonds. The number of rotatable bonds is 5. The van der Waals surface area contributed by atoms with Gasteiger partial charge in [0, 0.05) is 19.3 Å². The summed E-state index contributed by atoms with van der Waals surface area (Å²) in [4.78, 5) is 2.44. The lowest BCUT2D eigenvalue weighted by Gasteiger charge is -2.27. The largest absolute Gasteiger partial charge is 0.370 e. The summed E-state index contributed by atoms with van der Waals surface area (Å²) in [5.41, 5.74) is 6.76. The van der Waals surface area contributed by atoms with Crippen molar-refractivity contribution in [3.8, 4) is 0 Å². The Morgan fingerprint density at radius 3 is 2.03 bits per heavy atom. The molecule has 6 aromatic carbocycles. The molecular formula is C34H29N. The van der Waals surface area contributed by atoms with Crippen LogP contribution >= 0.6 is 0 Å². The first-order valence-corrected chi connectivity index (χ1v) is 12.3. The average Bonchev–Trinajstić information content (AvgIpc) is 2.89. The fraction of sp³-hybridized carbons (Fsp3) is 0.118. The highest BCUT2D eigenvalue weighted by molar-refractivity contribution is 5.92. The smallest absolute Gasteiger partial charge is 0.0438 e. The second-order valence-corrected chi connectivity index (χ2v) is 9.58. The molecule has 1 nitrogen and oxygen atoms in total. The summed E-state index contributed by atoms with van der Waals surface area (Å²) in [6.07, 6.45) is 0.908. The van der Waals surface area contributed by atoms with Crippen LogP contribution in [0.15, 0.2) is 115 Å². The summed E-state index contributed by atoms with van der Waals surface area (Å²) in [5, 5.41) is 7.85. The van der Waals surface area contributed by atoms with Gasteiger partial charge in [-0.25, -0.2) is 0 Å². The molecule has 6 rings (SSSR count). The van der Waals surface area contributed by atoms with Gasteiger partial charge in [0.2, 0.25) is 0 Å². The molecule has 0 bridgehead atoms. The maximum absolute atomic E-state index is 2.44. The highest BCUT2D eigenvalue weighted by Gasteiger charge is 2.16. The summed E-state index contributed by atoms with van der Waals surface area (Å²) in [7, 11) is 2.24. The Morgan fingerprint density at radius 2 is 1.20 bits per heavy atom. The highest BCUT2D eigenvalue weighted by Crippen LogP contribution is 2.35. The molecule has 0 aliphatic rings. The van der Waals surface area contributed by atoms with Crippen LogP contribution in [0.4, 0.5) is 5.69 Å². The third-order valence-electron chi connectivity index (χ3n) is 7.23. The topological polar surface area (TPSA) is 3.24 Å². The lowest BCUT2D eigenvalue weighted by molar-refractivity contribution is 0.914. The number of nitrogens with zero attached hydrogens (tertiary/aromatic N) is 1. The van der Waals surface area contributed by atoms with E-state index in [0.29, 0.717) is 0 Å². The first-order chi connectivity index (χ1) is 17.2. The molecule has 0 saturated carbocycles. The number of benzene rings is 6. The van der Waals surface area contributed by atoms with Crippen LogP contribution in [-0.2, 0) is 13.0 Å². The first-order valence-electron chi connectivity index (χ1n) is 12.3. The van der Waals surface area contributed by atoms with Crippen molar-refractivity contribution < 1.29 is 0 Å². The van der Waals surface area contributed by atoms with E-state index in [1.165, 1.54) is 60.3 Å². The van der Waals surface area contributed by atoms with E-state index in [1.807, 2.05) is 0 Å². The summed E-state index contributed by atoms with van der Waals surface area (Å²) in [6.45, 7) is 3.15. The molecule has 0 spiro atoms. The van der Waals surface area contributed by atoms with Crippen molar-refractivity contribution in [3.63, 3.8) is 0 Å². The molecule has 0 aromatic heterocycles. The fourth-order valence-electron chi connectivity index (χ4n) is 5.59. The third-order valence-corrected chi connectivity index (χ3v) is 7.23. The molecule has 0 aliphatic heterocycles. The number of aryl methyl sites for hydroxylation is 1. The molecule has 0 radical (unpaired) electrons. The van der Waals surface area contributed by atoms with Crippen molar-refractivity contribution in [2.45, 2.75) is 19.9 Å². The Kier molecular flexibility index (Phi) is 5.47. The predicted molar refractivity (Wildman–Crippen MR) is 151 cm³/mol. The average molecular weight is 452 g/mol. The monoisotopic (exact) mass is 451 g/mol. The van der Waals surface area contributed by atoms with Crippen LogP contribution in [-0.4, -0.2) is 7.05 Å². The van der Waals surface area contributed by atoms with Crippen molar-refractivity contribution >= 4 is 38.0 Å². The molecule has 35 heavy (non-hydrogen) atoms. The molecule has 0 saturated heterocycles. The minimum Gasteiger partial charge on any atom is -0.370 e. The second-order valence-electron chi connectivity index (χ2n) is 9.58. The number of hydrogen-bond acceptors (Lipinski definition) is 1. The van der Waals surface area contributed by atoms with Crippen molar-refractivity contribution in [1.29, 1.82) is 0 Å². The van der Waals surface area contributed by atoms with Gasteiger partial charge in [-0.3, -0.25) is 0 Å². The van der Waals surface area contributed by atoms with Crippen LogP contribution < -0.4 is 4.90 Å². The number of fused-ring (bicyclic) bond motifs is 3. The van der Waals surface area contributed by atoms with Crippen LogP contribution in [0.3, 0.4) is 0 Å². The quantitative estimate of drug-likeness (QED) is 0.253. The summed E-state index contributed by atoms with van der Waals surface area (Å²) < 4.78 is 0. The van der Waals surface area contributed by atoms with E-state index in [1.54, 1.807) is 0 Å². The van der Waals surface area contributed by atoms with Gasteiger partial charge in [-0.2, -0.15) is 0 Å². The van der Waals surface area contributed by atoms with Crippen LogP contribution in [0.5, 0.6) is 0 Å². The molecule has 170 valence electrons.